The zero-order valence-electron chi connectivity index (χ0n) is 9.69. The van der Waals surface area contributed by atoms with Gasteiger partial charge in [0, 0.05) is 0 Å². The minimum atomic E-state index is -0.711. The predicted molar refractivity (Wildman–Crippen MR) is 61.6 cm³/mol. The van der Waals surface area contributed by atoms with Crippen molar-refractivity contribution in [2.75, 3.05) is 6.61 Å². The summed E-state index contributed by atoms with van der Waals surface area (Å²) in [6.45, 7) is 5.70. The molecular formula is C12H15NO3. The van der Waals surface area contributed by atoms with Crippen molar-refractivity contribution in [2.24, 2.45) is 5.18 Å². The number of hydrogen-bond donors (Lipinski definition) is 0. The van der Waals surface area contributed by atoms with E-state index in [4.69, 9.17) is 4.74 Å². The summed E-state index contributed by atoms with van der Waals surface area (Å²) in [5, 5.41) is 2.81. The van der Waals surface area contributed by atoms with Crippen LogP contribution in [0.15, 0.2) is 29.4 Å². The van der Waals surface area contributed by atoms with E-state index < -0.39 is 5.41 Å². The second kappa shape index (κ2) is 4.88. The number of esters is 1. The van der Waals surface area contributed by atoms with Gasteiger partial charge in [-0.2, -0.15) is 0 Å². The fourth-order valence-electron chi connectivity index (χ4n) is 1.37. The number of hydrogen-bond acceptors (Lipinski definition) is 4. The van der Waals surface area contributed by atoms with Crippen molar-refractivity contribution < 1.29 is 9.53 Å². The van der Waals surface area contributed by atoms with E-state index in [0.29, 0.717) is 12.3 Å². The highest BCUT2D eigenvalue weighted by atomic mass is 16.5. The lowest BCUT2D eigenvalue weighted by Crippen LogP contribution is -2.30. The molecule has 0 saturated heterocycles. The molecule has 86 valence electrons. The molecule has 0 N–H and O–H groups in total. The second-order valence-electron chi connectivity index (χ2n) is 3.98. The first-order valence-corrected chi connectivity index (χ1v) is 5.13. The Balaban J connectivity index is 2.97. The average molecular weight is 221 g/mol. The van der Waals surface area contributed by atoms with E-state index in [0.717, 1.165) is 5.56 Å². The van der Waals surface area contributed by atoms with Gasteiger partial charge in [0.25, 0.3) is 0 Å². The second-order valence-corrected chi connectivity index (χ2v) is 3.98. The van der Waals surface area contributed by atoms with Gasteiger partial charge in [-0.1, -0.05) is 12.1 Å². The van der Waals surface area contributed by atoms with E-state index >= 15 is 0 Å². The topological polar surface area (TPSA) is 55.7 Å². The van der Waals surface area contributed by atoms with Crippen molar-refractivity contribution >= 4 is 11.7 Å². The molecule has 0 aromatic heterocycles. The van der Waals surface area contributed by atoms with Gasteiger partial charge < -0.3 is 4.74 Å². The molecule has 0 spiro atoms. The Bertz CT molecular complexity index is 382. The summed E-state index contributed by atoms with van der Waals surface area (Å²) in [6, 6.07) is 6.61. The third-order valence-corrected chi connectivity index (χ3v) is 2.48. The predicted octanol–water partition coefficient (Wildman–Crippen LogP) is 2.93. The summed E-state index contributed by atoms with van der Waals surface area (Å²) >= 11 is 0. The van der Waals surface area contributed by atoms with Crippen LogP contribution in [-0.2, 0) is 14.9 Å². The fourth-order valence-corrected chi connectivity index (χ4v) is 1.37. The highest BCUT2D eigenvalue weighted by Crippen LogP contribution is 2.26. The Morgan fingerprint density at radius 2 is 1.88 bits per heavy atom. The highest BCUT2D eigenvalue weighted by molar-refractivity contribution is 5.82. The lowest BCUT2D eigenvalue weighted by molar-refractivity contribution is -0.148. The molecule has 16 heavy (non-hydrogen) atoms. The van der Waals surface area contributed by atoms with Gasteiger partial charge in [0.2, 0.25) is 0 Å². The largest absolute Gasteiger partial charge is 0.465 e. The number of ether oxygens (including phenoxy) is 1. The van der Waals surface area contributed by atoms with E-state index in [-0.39, 0.29) is 5.97 Å². The van der Waals surface area contributed by atoms with Gasteiger partial charge in [0.15, 0.2) is 0 Å². The summed E-state index contributed by atoms with van der Waals surface area (Å²) in [5.74, 6) is -0.276. The van der Waals surface area contributed by atoms with E-state index in [9.17, 15) is 9.70 Å². The van der Waals surface area contributed by atoms with Crippen molar-refractivity contribution in [3.05, 3.63) is 34.7 Å². The van der Waals surface area contributed by atoms with Gasteiger partial charge in [-0.15, -0.1) is 4.91 Å². The molecule has 0 aliphatic rings. The summed E-state index contributed by atoms with van der Waals surface area (Å²) in [6.07, 6.45) is 0. The standard InChI is InChI=1S/C12H15NO3/c1-4-16-11(14)12(2,3)9-5-7-10(13-15)8-6-9/h5-8H,4H2,1-3H3. The summed E-state index contributed by atoms with van der Waals surface area (Å²) < 4.78 is 4.99. The van der Waals surface area contributed by atoms with Gasteiger partial charge in [-0.05, 0) is 43.6 Å². The summed E-state index contributed by atoms with van der Waals surface area (Å²) in [5.41, 5.74) is 0.444. The third kappa shape index (κ3) is 2.45. The van der Waals surface area contributed by atoms with Crippen LogP contribution in [0, 0.1) is 4.91 Å². The van der Waals surface area contributed by atoms with Crippen molar-refractivity contribution in [1.82, 2.24) is 0 Å². The Morgan fingerprint density at radius 1 is 1.31 bits per heavy atom. The lowest BCUT2D eigenvalue weighted by Gasteiger charge is -2.22. The molecule has 4 heteroatoms. The maximum absolute atomic E-state index is 11.7. The van der Waals surface area contributed by atoms with Crippen molar-refractivity contribution in [3.63, 3.8) is 0 Å². The van der Waals surface area contributed by atoms with Crippen molar-refractivity contribution in [3.8, 4) is 0 Å². The minimum absolute atomic E-state index is 0.276. The molecule has 0 unspecified atom stereocenters. The number of nitroso groups, excluding NO2 is 1. The van der Waals surface area contributed by atoms with Crippen LogP contribution in [-0.4, -0.2) is 12.6 Å². The first kappa shape index (κ1) is 12.4. The number of rotatable bonds is 4. The third-order valence-electron chi connectivity index (χ3n) is 2.48. The fraction of sp³-hybridized carbons (Fsp3) is 0.417. The quantitative estimate of drug-likeness (QED) is 0.580. The zero-order chi connectivity index (χ0) is 12.2. The van der Waals surface area contributed by atoms with Crippen LogP contribution < -0.4 is 0 Å². The minimum Gasteiger partial charge on any atom is -0.465 e. The van der Waals surface area contributed by atoms with Gasteiger partial charge >= 0.3 is 5.97 Å². The van der Waals surface area contributed by atoms with Gasteiger partial charge in [0.1, 0.15) is 5.69 Å². The molecule has 1 aromatic carbocycles. The molecule has 1 rings (SSSR count). The molecule has 1 aromatic rings. The number of nitrogens with zero attached hydrogens (tertiary/aromatic N) is 1. The Hall–Kier alpha value is -1.71. The molecule has 0 atom stereocenters. The monoisotopic (exact) mass is 221 g/mol. The average Bonchev–Trinajstić information content (AvgIpc) is 2.29. The summed E-state index contributed by atoms with van der Waals surface area (Å²) in [7, 11) is 0. The van der Waals surface area contributed by atoms with E-state index in [2.05, 4.69) is 5.18 Å². The Labute approximate surface area is 94.6 Å². The Kier molecular flexibility index (Phi) is 3.77. The maximum atomic E-state index is 11.7. The van der Waals surface area contributed by atoms with Gasteiger partial charge in [-0.25, -0.2) is 0 Å². The maximum Gasteiger partial charge on any atom is 0.315 e. The van der Waals surface area contributed by atoms with Crippen molar-refractivity contribution in [2.45, 2.75) is 26.2 Å². The van der Waals surface area contributed by atoms with Crippen LogP contribution in [0.4, 0.5) is 5.69 Å². The van der Waals surface area contributed by atoms with E-state index in [1.54, 1.807) is 45.0 Å². The van der Waals surface area contributed by atoms with Gasteiger partial charge in [-0.3, -0.25) is 4.79 Å². The molecule has 0 aliphatic carbocycles. The van der Waals surface area contributed by atoms with Crippen molar-refractivity contribution in [1.29, 1.82) is 0 Å². The SMILES string of the molecule is CCOC(=O)C(C)(C)c1ccc(N=O)cc1. The molecule has 0 saturated carbocycles. The number of carbonyl (C=O) groups is 1. The molecule has 0 aliphatic heterocycles. The van der Waals surface area contributed by atoms with Crippen LogP contribution in [0.5, 0.6) is 0 Å². The van der Waals surface area contributed by atoms with Gasteiger partial charge in [0.05, 0.1) is 12.0 Å². The molecular weight excluding hydrogens is 206 g/mol. The zero-order valence-corrected chi connectivity index (χ0v) is 9.69. The highest BCUT2D eigenvalue weighted by Gasteiger charge is 2.31. The van der Waals surface area contributed by atoms with Crippen LogP contribution in [0.1, 0.15) is 26.3 Å². The normalized spacial score (nSPS) is 10.9. The first-order chi connectivity index (χ1) is 7.52. The number of carbonyl (C=O) groups excluding carboxylic acids is 1. The molecule has 0 bridgehead atoms. The van der Waals surface area contributed by atoms with Crippen LogP contribution >= 0.6 is 0 Å². The number of benzene rings is 1. The first-order valence-electron chi connectivity index (χ1n) is 5.13. The van der Waals surface area contributed by atoms with E-state index in [1.165, 1.54) is 0 Å². The van der Waals surface area contributed by atoms with E-state index in [1.807, 2.05) is 0 Å². The molecule has 0 radical (unpaired) electrons. The smallest absolute Gasteiger partial charge is 0.315 e. The van der Waals surface area contributed by atoms with Crippen LogP contribution in [0.3, 0.4) is 0 Å². The van der Waals surface area contributed by atoms with Crippen LogP contribution in [0.2, 0.25) is 0 Å². The molecule has 4 nitrogen and oxygen atoms in total. The Morgan fingerprint density at radius 3 is 2.31 bits per heavy atom. The lowest BCUT2D eigenvalue weighted by atomic mass is 9.85. The van der Waals surface area contributed by atoms with Crippen LogP contribution in [0.25, 0.3) is 0 Å². The summed E-state index contributed by atoms with van der Waals surface area (Å²) in [4.78, 5) is 22.0. The molecule has 0 heterocycles. The molecule has 0 amide bonds. The molecule has 0 fully saturated rings.